The van der Waals surface area contributed by atoms with E-state index < -0.39 is 0 Å². The predicted octanol–water partition coefficient (Wildman–Crippen LogP) is 3.30. The molecule has 0 radical (unpaired) electrons. The van der Waals surface area contributed by atoms with Crippen molar-refractivity contribution in [2.75, 3.05) is 24.3 Å². The van der Waals surface area contributed by atoms with E-state index in [-0.39, 0.29) is 0 Å². The molecule has 3 heteroatoms. The van der Waals surface area contributed by atoms with Crippen molar-refractivity contribution in [3.8, 4) is 5.75 Å². The van der Waals surface area contributed by atoms with Crippen molar-refractivity contribution in [1.29, 1.82) is 0 Å². The molecule has 0 saturated heterocycles. The molecule has 0 fully saturated rings. The van der Waals surface area contributed by atoms with Gasteiger partial charge in [0.15, 0.2) is 0 Å². The summed E-state index contributed by atoms with van der Waals surface area (Å²) in [6, 6.07) is 16.1. The zero-order valence-corrected chi connectivity index (χ0v) is 11.5. The van der Waals surface area contributed by atoms with Crippen molar-refractivity contribution in [3.05, 3.63) is 54.1 Å². The Kier molecular flexibility index (Phi) is 4.29. The molecule has 19 heavy (non-hydrogen) atoms. The van der Waals surface area contributed by atoms with Crippen LogP contribution in [0.5, 0.6) is 5.75 Å². The van der Waals surface area contributed by atoms with E-state index in [9.17, 15) is 0 Å². The number of nitrogens with zero attached hydrogens (tertiary/aromatic N) is 1. The SMILES string of the molecule is CCOc1ccc(CN(C)c2ccccc2N)cc1. The summed E-state index contributed by atoms with van der Waals surface area (Å²) < 4.78 is 5.44. The summed E-state index contributed by atoms with van der Waals surface area (Å²) in [6.45, 7) is 3.50. The van der Waals surface area contributed by atoms with Gasteiger partial charge in [0, 0.05) is 13.6 Å². The fourth-order valence-corrected chi connectivity index (χ4v) is 2.05. The Labute approximate surface area is 114 Å². The molecule has 100 valence electrons. The predicted molar refractivity (Wildman–Crippen MR) is 80.6 cm³/mol. The van der Waals surface area contributed by atoms with Crippen LogP contribution in [-0.4, -0.2) is 13.7 Å². The standard InChI is InChI=1S/C16H20N2O/c1-3-19-14-10-8-13(9-11-14)12-18(2)16-7-5-4-6-15(16)17/h4-11H,3,12,17H2,1-2H3. The van der Waals surface area contributed by atoms with Crippen molar-refractivity contribution >= 4 is 11.4 Å². The molecule has 0 saturated carbocycles. The van der Waals surface area contributed by atoms with Crippen LogP contribution < -0.4 is 15.4 Å². The van der Waals surface area contributed by atoms with Gasteiger partial charge in [-0.05, 0) is 36.8 Å². The monoisotopic (exact) mass is 256 g/mol. The summed E-state index contributed by atoms with van der Waals surface area (Å²) >= 11 is 0. The summed E-state index contributed by atoms with van der Waals surface area (Å²) in [4.78, 5) is 2.14. The molecule has 0 spiro atoms. The number of nitrogen functional groups attached to an aromatic ring is 1. The first kappa shape index (κ1) is 13.3. The van der Waals surface area contributed by atoms with E-state index in [1.54, 1.807) is 0 Å². The smallest absolute Gasteiger partial charge is 0.119 e. The van der Waals surface area contributed by atoms with E-state index in [0.29, 0.717) is 6.61 Å². The van der Waals surface area contributed by atoms with Crippen molar-refractivity contribution < 1.29 is 4.74 Å². The molecule has 2 aromatic carbocycles. The van der Waals surface area contributed by atoms with Crippen molar-refractivity contribution in [2.24, 2.45) is 0 Å². The summed E-state index contributed by atoms with van der Waals surface area (Å²) in [7, 11) is 2.04. The molecular formula is C16H20N2O. The molecule has 0 amide bonds. The molecule has 2 N–H and O–H groups in total. The molecule has 0 aliphatic heterocycles. The van der Waals surface area contributed by atoms with Gasteiger partial charge >= 0.3 is 0 Å². The van der Waals surface area contributed by atoms with E-state index >= 15 is 0 Å². The molecule has 0 unspecified atom stereocenters. The molecule has 0 bridgehead atoms. The maximum absolute atomic E-state index is 5.98. The lowest BCUT2D eigenvalue weighted by atomic mass is 10.2. The maximum Gasteiger partial charge on any atom is 0.119 e. The Balaban J connectivity index is 2.06. The molecule has 0 aliphatic carbocycles. The molecule has 2 rings (SSSR count). The first-order valence-electron chi connectivity index (χ1n) is 6.48. The average molecular weight is 256 g/mol. The molecule has 0 atom stereocenters. The van der Waals surface area contributed by atoms with Crippen LogP contribution in [0.4, 0.5) is 11.4 Å². The van der Waals surface area contributed by atoms with Gasteiger partial charge in [-0.3, -0.25) is 0 Å². The Morgan fingerprint density at radius 2 is 1.74 bits per heavy atom. The van der Waals surface area contributed by atoms with Crippen LogP contribution in [-0.2, 0) is 6.54 Å². The van der Waals surface area contributed by atoms with Crippen LogP contribution in [0, 0.1) is 0 Å². The number of benzene rings is 2. The van der Waals surface area contributed by atoms with Crippen LogP contribution in [0.25, 0.3) is 0 Å². The van der Waals surface area contributed by atoms with E-state index in [1.165, 1.54) is 5.56 Å². The van der Waals surface area contributed by atoms with Crippen LogP contribution in [0.15, 0.2) is 48.5 Å². The summed E-state index contributed by atoms with van der Waals surface area (Å²) in [5.74, 6) is 0.910. The number of hydrogen-bond donors (Lipinski definition) is 1. The first-order valence-corrected chi connectivity index (χ1v) is 6.48. The first-order chi connectivity index (χ1) is 9.20. The van der Waals surface area contributed by atoms with Gasteiger partial charge in [0.1, 0.15) is 5.75 Å². The minimum atomic E-state index is 0.694. The Morgan fingerprint density at radius 3 is 2.37 bits per heavy atom. The van der Waals surface area contributed by atoms with Crippen molar-refractivity contribution in [2.45, 2.75) is 13.5 Å². The third kappa shape index (κ3) is 3.41. The average Bonchev–Trinajstić information content (AvgIpc) is 2.42. The number of hydrogen-bond acceptors (Lipinski definition) is 3. The Morgan fingerprint density at radius 1 is 1.05 bits per heavy atom. The van der Waals surface area contributed by atoms with E-state index in [1.807, 2.05) is 50.4 Å². The van der Waals surface area contributed by atoms with E-state index in [2.05, 4.69) is 17.0 Å². The minimum Gasteiger partial charge on any atom is -0.494 e. The minimum absolute atomic E-state index is 0.694. The Hall–Kier alpha value is -2.16. The molecule has 0 heterocycles. The maximum atomic E-state index is 5.98. The normalized spacial score (nSPS) is 10.2. The number of nitrogens with two attached hydrogens (primary N) is 1. The highest BCUT2D eigenvalue weighted by molar-refractivity contribution is 5.66. The highest BCUT2D eigenvalue weighted by Gasteiger charge is 2.05. The highest BCUT2D eigenvalue weighted by atomic mass is 16.5. The zero-order valence-electron chi connectivity index (χ0n) is 11.5. The van der Waals surface area contributed by atoms with Gasteiger partial charge in [-0.1, -0.05) is 24.3 Å². The molecule has 2 aromatic rings. The van der Waals surface area contributed by atoms with Gasteiger partial charge in [0.25, 0.3) is 0 Å². The topological polar surface area (TPSA) is 38.5 Å². The second-order valence-electron chi connectivity index (χ2n) is 4.49. The van der Waals surface area contributed by atoms with Gasteiger partial charge in [0.05, 0.1) is 18.0 Å². The lowest BCUT2D eigenvalue weighted by molar-refractivity contribution is 0.340. The van der Waals surface area contributed by atoms with Crippen LogP contribution in [0.3, 0.4) is 0 Å². The largest absolute Gasteiger partial charge is 0.494 e. The van der Waals surface area contributed by atoms with Gasteiger partial charge in [-0.15, -0.1) is 0 Å². The zero-order chi connectivity index (χ0) is 13.7. The third-order valence-electron chi connectivity index (χ3n) is 3.00. The van der Waals surface area contributed by atoms with Crippen LogP contribution in [0.1, 0.15) is 12.5 Å². The van der Waals surface area contributed by atoms with Gasteiger partial charge in [-0.25, -0.2) is 0 Å². The number of anilines is 2. The van der Waals surface area contributed by atoms with E-state index in [4.69, 9.17) is 10.5 Å². The molecule has 0 aromatic heterocycles. The van der Waals surface area contributed by atoms with Gasteiger partial charge < -0.3 is 15.4 Å². The summed E-state index contributed by atoms with van der Waals surface area (Å²) in [5, 5.41) is 0. The lowest BCUT2D eigenvalue weighted by Gasteiger charge is -2.21. The molecule has 3 nitrogen and oxygen atoms in total. The second-order valence-corrected chi connectivity index (χ2v) is 4.49. The van der Waals surface area contributed by atoms with Crippen molar-refractivity contribution in [3.63, 3.8) is 0 Å². The quantitative estimate of drug-likeness (QED) is 0.834. The van der Waals surface area contributed by atoms with Crippen molar-refractivity contribution in [1.82, 2.24) is 0 Å². The van der Waals surface area contributed by atoms with E-state index in [0.717, 1.165) is 23.7 Å². The summed E-state index contributed by atoms with van der Waals surface area (Å²) in [5.41, 5.74) is 9.06. The second kappa shape index (κ2) is 6.14. The number of para-hydroxylation sites is 2. The fourth-order valence-electron chi connectivity index (χ4n) is 2.05. The number of ether oxygens (including phenoxy) is 1. The third-order valence-corrected chi connectivity index (χ3v) is 3.00. The Bertz CT molecular complexity index is 523. The van der Waals surface area contributed by atoms with Gasteiger partial charge in [0.2, 0.25) is 0 Å². The summed E-state index contributed by atoms with van der Waals surface area (Å²) in [6.07, 6.45) is 0. The molecule has 0 aliphatic rings. The number of rotatable bonds is 5. The lowest BCUT2D eigenvalue weighted by Crippen LogP contribution is -2.17. The van der Waals surface area contributed by atoms with Gasteiger partial charge in [-0.2, -0.15) is 0 Å². The molecular weight excluding hydrogens is 236 g/mol. The van der Waals surface area contributed by atoms with Crippen LogP contribution >= 0.6 is 0 Å². The van der Waals surface area contributed by atoms with Crippen LogP contribution in [0.2, 0.25) is 0 Å². The fraction of sp³-hybridized carbons (Fsp3) is 0.250. The highest BCUT2D eigenvalue weighted by Crippen LogP contribution is 2.23.